The van der Waals surface area contributed by atoms with Crippen molar-refractivity contribution in [2.24, 2.45) is 0 Å². The number of likely N-dealkylation sites (N-methyl/N-ethyl adjacent to an activating group) is 1. The molecule has 0 bridgehead atoms. The van der Waals surface area contributed by atoms with Crippen LogP contribution in [0.2, 0.25) is 0 Å². The molecule has 0 radical (unpaired) electrons. The molecule has 1 saturated heterocycles. The van der Waals surface area contributed by atoms with E-state index in [1.165, 1.54) is 0 Å². The van der Waals surface area contributed by atoms with Gasteiger partial charge in [-0.25, -0.2) is 0 Å². The quantitative estimate of drug-likeness (QED) is 0.835. The molecule has 3 rings (SSSR count). The van der Waals surface area contributed by atoms with Crippen LogP contribution in [0.5, 0.6) is 0 Å². The molecule has 2 aromatic rings. The topological polar surface area (TPSA) is 52.7 Å². The van der Waals surface area contributed by atoms with Crippen LogP contribution in [0.1, 0.15) is 35.6 Å². The summed E-state index contributed by atoms with van der Waals surface area (Å²) in [6.07, 6.45) is 2.09. The van der Waals surface area contributed by atoms with Crippen LogP contribution in [-0.2, 0) is 9.59 Å². The summed E-state index contributed by atoms with van der Waals surface area (Å²) in [6.45, 7) is 5.76. The maximum absolute atomic E-state index is 13.2. The van der Waals surface area contributed by atoms with Crippen molar-refractivity contribution < 1.29 is 9.59 Å². The summed E-state index contributed by atoms with van der Waals surface area (Å²) >= 11 is 0. The molecule has 1 aliphatic rings. The highest BCUT2D eigenvalue weighted by Gasteiger charge is 2.31. The average Bonchev–Trinajstić information content (AvgIpc) is 3.21. The second-order valence-electron chi connectivity index (χ2n) is 7.56. The first kappa shape index (κ1) is 20.1. The fourth-order valence-corrected chi connectivity index (χ4v) is 3.73. The van der Waals surface area contributed by atoms with Crippen molar-refractivity contribution in [2.75, 3.05) is 32.0 Å². The number of carbonyl (C=O) groups is 2. The maximum Gasteiger partial charge on any atom is 0.244 e. The summed E-state index contributed by atoms with van der Waals surface area (Å²) in [7, 11) is 1.84. The third-order valence-corrected chi connectivity index (χ3v) is 5.48. The van der Waals surface area contributed by atoms with Crippen LogP contribution in [-0.4, -0.2) is 48.3 Å². The molecule has 1 aliphatic heterocycles. The maximum atomic E-state index is 13.2. The first-order valence-electron chi connectivity index (χ1n) is 9.87. The Kier molecular flexibility index (Phi) is 6.47. The van der Waals surface area contributed by atoms with Gasteiger partial charge in [0.25, 0.3) is 0 Å². The Hall–Kier alpha value is -2.66. The number of aryl methyl sites for hydroxylation is 1. The zero-order chi connectivity index (χ0) is 20.1. The summed E-state index contributed by atoms with van der Waals surface area (Å²) in [5, 5.41) is 2.99. The molecule has 1 fully saturated rings. The highest BCUT2D eigenvalue weighted by molar-refractivity contribution is 5.93. The third-order valence-electron chi connectivity index (χ3n) is 5.48. The molecule has 1 heterocycles. The van der Waals surface area contributed by atoms with Crippen molar-refractivity contribution in [3.8, 4) is 0 Å². The van der Waals surface area contributed by atoms with E-state index in [1.807, 2.05) is 79.2 Å². The third kappa shape index (κ3) is 4.60. The Morgan fingerprint density at radius 3 is 2.39 bits per heavy atom. The summed E-state index contributed by atoms with van der Waals surface area (Å²) in [4.78, 5) is 29.6. The minimum Gasteiger partial charge on any atom is -0.341 e. The highest BCUT2D eigenvalue weighted by Crippen LogP contribution is 2.24. The molecule has 5 heteroatoms. The molecule has 1 unspecified atom stereocenters. The van der Waals surface area contributed by atoms with Crippen molar-refractivity contribution >= 4 is 17.5 Å². The lowest BCUT2D eigenvalue weighted by molar-refractivity contribution is -0.136. The van der Waals surface area contributed by atoms with Crippen LogP contribution in [0.25, 0.3) is 0 Å². The lowest BCUT2D eigenvalue weighted by Gasteiger charge is -2.30. The van der Waals surface area contributed by atoms with Crippen LogP contribution in [0.4, 0.5) is 5.69 Å². The van der Waals surface area contributed by atoms with Gasteiger partial charge in [0.1, 0.15) is 6.04 Å². The molecule has 5 nitrogen and oxygen atoms in total. The minimum atomic E-state index is -0.455. The number of nitrogens with zero attached hydrogens (tertiary/aromatic N) is 2. The van der Waals surface area contributed by atoms with Gasteiger partial charge in [-0.3, -0.25) is 14.5 Å². The predicted octanol–water partition coefficient (Wildman–Crippen LogP) is 3.54. The van der Waals surface area contributed by atoms with E-state index in [1.54, 1.807) is 0 Å². The first-order chi connectivity index (χ1) is 13.5. The van der Waals surface area contributed by atoms with Crippen molar-refractivity contribution in [3.63, 3.8) is 0 Å². The van der Waals surface area contributed by atoms with Gasteiger partial charge in [-0.15, -0.1) is 0 Å². The van der Waals surface area contributed by atoms with Crippen molar-refractivity contribution in [2.45, 2.75) is 32.7 Å². The molecular formula is C23H29N3O2. The summed E-state index contributed by atoms with van der Waals surface area (Å²) in [6, 6.07) is 15.1. The van der Waals surface area contributed by atoms with Gasteiger partial charge in [0.15, 0.2) is 0 Å². The Balaban J connectivity index is 1.75. The molecule has 1 N–H and O–H groups in total. The Labute approximate surface area is 167 Å². The SMILES string of the molecule is Cc1cccc(NC(=O)CN(C)C(C(=O)N2CCCC2)c2ccccc2)c1C. The van der Waals surface area contributed by atoms with Gasteiger partial charge in [-0.05, 0) is 56.5 Å². The number of hydrogen-bond donors (Lipinski definition) is 1. The number of benzene rings is 2. The van der Waals surface area contributed by atoms with E-state index in [2.05, 4.69) is 5.32 Å². The number of hydrogen-bond acceptors (Lipinski definition) is 3. The van der Waals surface area contributed by atoms with Gasteiger partial charge >= 0.3 is 0 Å². The Bertz CT molecular complexity index is 829. The summed E-state index contributed by atoms with van der Waals surface area (Å²) < 4.78 is 0. The standard InChI is InChI=1S/C23H29N3O2/c1-17-10-9-13-20(18(17)2)24-21(27)16-25(3)22(19-11-5-4-6-12-19)23(28)26-14-7-8-15-26/h4-6,9-13,22H,7-8,14-16H2,1-3H3,(H,24,27). The Morgan fingerprint density at radius 2 is 1.71 bits per heavy atom. The minimum absolute atomic E-state index is 0.0748. The van der Waals surface area contributed by atoms with Crippen LogP contribution in [0.3, 0.4) is 0 Å². The van der Waals surface area contributed by atoms with Gasteiger partial charge in [-0.2, -0.15) is 0 Å². The average molecular weight is 380 g/mol. The lowest BCUT2D eigenvalue weighted by atomic mass is 10.0. The number of nitrogens with one attached hydrogen (secondary N) is 1. The molecule has 0 aromatic heterocycles. The summed E-state index contributed by atoms with van der Waals surface area (Å²) in [5.74, 6) is -0.0444. The number of carbonyl (C=O) groups excluding carboxylic acids is 2. The largest absolute Gasteiger partial charge is 0.341 e. The fourth-order valence-electron chi connectivity index (χ4n) is 3.73. The second kappa shape index (κ2) is 9.02. The molecule has 0 spiro atoms. The number of anilines is 1. The molecule has 2 aromatic carbocycles. The monoisotopic (exact) mass is 379 g/mol. The fraction of sp³-hybridized carbons (Fsp3) is 0.391. The molecule has 1 atom stereocenters. The van der Waals surface area contributed by atoms with E-state index >= 15 is 0 Å². The van der Waals surface area contributed by atoms with E-state index in [9.17, 15) is 9.59 Å². The second-order valence-corrected chi connectivity index (χ2v) is 7.56. The lowest BCUT2D eigenvalue weighted by Crippen LogP contribution is -2.43. The van der Waals surface area contributed by atoms with Crippen molar-refractivity contribution in [3.05, 3.63) is 65.2 Å². The molecular weight excluding hydrogens is 350 g/mol. The molecule has 28 heavy (non-hydrogen) atoms. The molecule has 2 amide bonds. The van der Waals surface area contributed by atoms with Gasteiger partial charge < -0.3 is 10.2 Å². The normalized spacial score (nSPS) is 14.9. The van der Waals surface area contributed by atoms with E-state index < -0.39 is 6.04 Å². The zero-order valence-electron chi connectivity index (χ0n) is 16.9. The van der Waals surface area contributed by atoms with E-state index in [0.717, 1.165) is 48.3 Å². The van der Waals surface area contributed by atoms with Gasteiger partial charge in [0, 0.05) is 18.8 Å². The summed E-state index contributed by atoms with van der Waals surface area (Å²) in [5.41, 5.74) is 3.94. The van der Waals surface area contributed by atoms with Gasteiger partial charge in [-0.1, -0.05) is 42.5 Å². The number of likely N-dealkylation sites (tertiary alicyclic amines) is 1. The van der Waals surface area contributed by atoms with Crippen LogP contribution in [0.15, 0.2) is 48.5 Å². The van der Waals surface area contributed by atoms with Crippen LogP contribution < -0.4 is 5.32 Å². The number of rotatable bonds is 6. The smallest absolute Gasteiger partial charge is 0.244 e. The molecule has 0 saturated carbocycles. The Morgan fingerprint density at radius 1 is 1.04 bits per heavy atom. The highest BCUT2D eigenvalue weighted by atomic mass is 16.2. The van der Waals surface area contributed by atoms with Crippen molar-refractivity contribution in [1.82, 2.24) is 9.80 Å². The van der Waals surface area contributed by atoms with E-state index in [4.69, 9.17) is 0 Å². The van der Waals surface area contributed by atoms with Crippen molar-refractivity contribution in [1.29, 1.82) is 0 Å². The van der Waals surface area contributed by atoms with E-state index in [-0.39, 0.29) is 18.4 Å². The van der Waals surface area contributed by atoms with Gasteiger partial charge in [0.05, 0.1) is 6.54 Å². The first-order valence-corrected chi connectivity index (χ1v) is 9.87. The molecule has 0 aliphatic carbocycles. The predicted molar refractivity (Wildman–Crippen MR) is 112 cm³/mol. The van der Waals surface area contributed by atoms with Gasteiger partial charge in [0.2, 0.25) is 11.8 Å². The zero-order valence-corrected chi connectivity index (χ0v) is 16.9. The van der Waals surface area contributed by atoms with Crippen LogP contribution >= 0.6 is 0 Å². The number of amides is 2. The van der Waals surface area contributed by atoms with Crippen LogP contribution in [0, 0.1) is 13.8 Å². The molecule has 148 valence electrons. The van der Waals surface area contributed by atoms with E-state index in [0.29, 0.717) is 0 Å².